The number of aliphatic hydroxyl groups is 1. The van der Waals surface area contributed by atoms with Crippen molar-refractivity contribution in [1.82, 2.24) is 14.7 Å². The smallest absolute Gasteiger partial charge is 0.394 e. The number of aromatic nitrogens is 2. The second kappa shape index (κ2) is 9.89. The molecule has 2 aliphatic heterocycles. The van der Waals surface area contributed by atoms with Crippen LogP contribution in [-0.2, 0) is 22.3 Å². The Kier molecular flexibility index (Phi) is 6.82. The first-order valence-corrected chi connectivity index (χ1v) is 12.2. The lowest BCUT2D eigenvalue weighted by Crippen LogP contribution is -2.49. The van der Waals surface area contributed by atoms with Gasteiger partial charge >= 0.3 is 6.18 Å². The van der Waals surface area contributed by atoms with Crippen LogP contribution in [0.5, 0.6) is 0 Å². The topological polar surface area (TPSA) is 80.0 Å². The third kappa shape index (κ3) is 5.01. The van der Waals surface area contributed by atoms with Gasteiger partial charge in [-0.3, -0.25) is 9.48 Å². The monoisotopic (exact) mass is 536 g/mol. The molecule has 1 amide bonds. The molecular weight excluding hydrogens is 517 g/mol. The van der Waals surface area contributed by atoms with Crippen molar-refractivity contribution in [3.05, 3.63) is 69.2 Å². The summed E-state index contributed by atoms with van der Waals surface area (Å²) < 4.78 is 47.3. The van der Waals surface area contributed by atoms with E-state index in [4.69, 9.17) is 16.3 Å². The number of alkyl halides is 3. The second-order valence-corrected chi connectivity index (χ2v) is 9.78. The second-order valence-electron chi connectivity index (χ2n) is 8.33. The summed E-state index contributed by atoms with van der Waals surface area (Å²) in [5.41, 5.74) is 0.653. The summed E-state index contributed by atoms with van der Waals surface area (Å²) in [6, 6.07) is 8.79. The number of amides is 1. The Morgan fingerprint density at radius 2 is 2.08 bits per heavy atom. The van der Waals surface area contributed by atoms with E-state index in [1.165, 1.54) is 28.6 Å². The molecule has 1 N–H and O–H groups in total. The number of fused-ring (bicyclic) bond motifs is 1. The lowest BCUT2D eigenvalue weighted by Gasteiger charge is -2.35. The molecule has 1 saturated heterocycles. The number of hydrogen-bond acceptors (Lipinski definition) is 6. The Morgan fingerprint density at radius 1 is 1.25 bits per heavy atom. The fourth-order valence-electron chi connectivity index (χ4n) is 4.16. The zero-order valence-corrected chi connectivity index (χ0v) is 20.3. The summed E-state index contributed by atoms with van der Waals surface area (Å²) in [6.07, 6.45) is -1.24. The molecule has 2 aromatic carbocycles. The Balaban J connectivity index is 1.37. The van der Waals surface area contributed by atoms with Crippen LogP contribution in [0.15, 0.2) is 52.5 Å². The first-order valence-electron chi connectivity index (χ1n) is 11.0. The highest BCUT2D eigenvalue weighted by Gasteiger charge is 2.34. The van der Waals surface area contributed by atoms with Gasteiger partial charge < -0.3 is 14.7 Å². The average molecular weight is 537 g/mol. The normalized spacial score (nSPS) is 20.0. The van der Waals surface area contributed by atoms with E-state index in [2.05, 4.69) is 10.1 Å². The summed E-state index contributed by atoms with van der Waals surface area (Å²) in [7, 11) is 0. The molecule has 2 aliphatic rings. The number of ether oxygens (including phenoxy) is 1. The van der Waals surface area contributed by atoms with Crippen molar-refractivity contribution in [2.24, 2.45) is 4.99 Å². The molecule has 188 valence electrons. The van der Waals surface area contributed by atoms with E-state index >= 15 is 0 Å². The van der Waals surface area contributed by atoms with Crippen LogP contribution >= 0.6 is 23.4 Å². The summed E-state index contributed by atoms with van der Waals surface area (Å²) in [6.45, 7) is 1.21. The SMILES string of the molecule is O=C1N=C(N2CCOC[C@H]2CO)S/C1=C\c1ccc2c(cnn2Cc2ccc(Cl)cc2C(F)(F)F)c1. The van der Waals surface area contributed by atoms with Gasteiger partial charge in [-0.15, -0.1) is 0 Å². The number of carbonyl (C=O) groups is 1. The zero-order valence-electron chi connectivity index (χ0n) is 18.7. The Labute approximate surface area is 213 Å². The zero-order chi connectivity index (χ0) is 25.4. The average Bonchev–Trinajstić information content (AvgIpc) is 3.42. The minimum Gasteiger partial charge on any atom is -0.394 e. The number of rotatable bonds is 4. The number of thioether (sulfide) groups is 1. The Morgan fingerprint density at radius 3 is 2.86 bits per heavy atom. The molecule has 12 heteroatoms. The number of carbonyl (C=O) groups excluding carboxylic acids is 1. The third-order valence-electron chi connectivity index (χ3n) is 5.95. The maximum Gasteiger partial charge on any atom is 0.416 e. The van der Waals surface area contributed by atoms with E-state index in [0.717, 1.165) is 17.0 Å². The Hall–Kier alpha value is -2.86. The van der Waals surface area contributed by atoms with Crippen LogP contribution < -0.4 is 0 Å². The number of halogens is 4. The van der Waals surface area contributed by atoms with Crippen LogP contribution in [-0.4, -0.2) is 63.3 Å². The lowest BCUT2D eigenvalue weighted by atomic mass is 10.1. The highest BCUT2D eigenvalue weighted by atomic mass is 35.5. The van der Waals surface area contributed by atoms with Gasteiger partial charge in [-0.1, -0.05) is 23.7 Å². The molecule has 36 heavy (non-hydrogen) atoms. The molecule has 1 atom stereocenters. The number of morpholine rings is 1. The number of aliphatic hydroxyl groups excluding tert-OH is 1. The molecule has 1 fully saturated rings. The molecule has 0 unspecified atom stereocenters. The largest absolute Gasteiger partial charge is 0.416 e. The first kappa shape index (κ1) is 24.8. The van der Waals surface area contributed by atoms with Crippen molar-refractivity contribution in [3.8, 4) is 0 Å². The van der Waals surface area contributed by atoms with Crippen molar-refractivity contribution in [1.29, 1.82) is 0 Å². The van der Waals surface area contributed by atoms with Gasteiger partial charge in [-0.2, -0.15) is 23.3 Å². The first-order chi connectivity index (χ1) is 17.2. The fourth-order valence-corrected chi connectivity index (χ4v) is 5.35. The van der Waals surface area contributed by atoms with Crippen molar-refractivity contribution >= 4 is 51.4 Å². The van der Waals surface area contributed by atoms with E-state index in [9.17, 15) is 23.1 Å². The van der Waals surface area contributed by atoms with Crippen LogP contribution in [0.2, 0.25) is 5.02 Å². The standard InChI is InChI=1S/C24H20ClF3N4O3S/c25-17-3-2-15(19(9-17)24(26,27)28)11-32-20-4-1-14(7-16(20)10-29-32)8-21-22(34)30-23(36-21)31-5-6-35-13-18(31)12-33/h1-4,7-10,18,33H,5-6,11-13H2/b21-8-/t18-/m1/s1. The fraction of sp³-hybridized carbons (Fsp3) is 0.292. The maximum atomic E-state index is 13.5. The van der Waals surface area contributed by atoms with Crippen LogP contribution in [0.25, 0.3) is 17.0 Å². The van der Waals surface area contributed by atoms with Crippen molar-refractivity contribution in [2.45, 2.75) is 18.8 Å². The van der Waals surface area contributed by atoms with Gasteiger partial charge in [0.25, 0.3) is 5.91 Å². The molecule has 7 nitrogen and oxygen atoms in total. The van der Waals surface area contributed by atoms with Gasteiger partial charge in [-0.25, -0.2) is 0 Å². The molecule has 3 aromatic rings. The van der Waals surface area contributed by atoms with E-state index in [1.54, 1.807) is 24.4 Å². The molecule has 0 radical (unpaired) electrons. The molecule has 1 aromatic heterocycles. The number of aliphatic imine (C=N–C) groups is 1. The number of amidine groups is 1. The van der Waals surface area contributed by atoms with Crippen molar-refractivity contribution in [3.63, 3.8) is 0 Å². The highest BCUT2D eigenvalue weighted by Crippen LogP contribution is 2.35. The summed E-state index contributed by atoms with van der Waals surface area (Å²) in [5, 5.41) is 15.1. The van der Waals surface area contributed by atoms with Crippen molar-refractivity contribution in [2.75, 3.05) is 26.4 Å². The maximum absolute atomic E-state index is 13.5. The quantitative estimate of drug-likeness (QED) is 0.497. The van der Waals surface area contributed by atoms with Gasteiger partial charge in [-0.05, 0) is 53.2 Å². The molecular formula is C24H20ClF3N4O3S. The molecule has 5 rings (SSSR count). The molecule has 0 aliphatic carbocycles. The molecule has 0 bridgehead atoms. The minimum absolute atomic E-state index is 0.0149. The predicted octanol–water partition coefficient (Wildman–Crippen LogP) is 4.42. The van der Waals surface area contributed by atoms with E-state index in [1.807, 2.05) is 11.0 Å². The summed E-state index contributed by atoms with van der Waals surface area (Å²) in [4.78, 5) is 19.0. The van der Waals surface area contributed by atoms with Crippen LogP contribution in [0.1, 0.15) is 16.7 Å². The summed E-state index contributed by atoms with van der Waals surface area (Å²) in [5.74, 6) is -0.364. The predicted molar refractivity (Wildman–Crippen MR) is 132 cm³/mol. The van der Waals surface area contributed by atoms with Gasteiger partial charge in [0.05, 0.1) is 54.6 Å². The van der Waals surface area contributed by atoms with Gasteiger partial charge in [0.1, 0.15) is 0 Å². The van der Waals surface area contributed by atoms with Crippen LogP contribution in [0.4, 0.5) is 13.2 Å². The number of hydrogen-bond donors (Lipinski definition) is 1. The number of benzene rings is 2. The van der Waals surface area contributed by atoms with E-state index < -0.39 is 11.7 Å². The number of nitrogens with zero attached hydrogens (tertiary/aromatic N) is 4. The van der Waals surface area contributed by atoms with Crippen LogP contribution in [0.3, 0.4) is 0 Å². The lowest BCUT2D eigenvalue weighted by molar-refractivity contribution is -0.138. The van der Waals surface area contributed by atoms with Crippen molar-refractivity contribution < 1.29 is 27.8 Å². The van der Waals surface area contributed by atoms with Gasteiger partial charge in [0.2, 0.25) is 0 Å². The van der Waals surface area contributed by atoms with E-state index in [0.29, 0.717) is 35.3 Å². The molecule has 0 spiro atoms. The Bertz CT molecular complexity index is 1390. The molecule has 0 saturated carbocycles. The van der Waals surface area contributed by atoms with Gasteiger partial charge in [0, 0.05) is 17.0 Å². The van der Waals surface area contributed by atoms with Crippen LogP contribution in [0, 0.1) is 0 Å². The van der Waals surface area contributed by atoms with E-state index in [-0.39, 0.29) is 35.7 Å². The minimum atomic E-state index is -4.53. The van der Waals surface area contributed by atoms with Gasteiger partial charge in [0.15, 0.2) is 5.17 Å². The molecule has 3 heterocycles. The summed E-state index contributed by atoms with van der Waals surface area (Å²) >= 11 is 7.02. The highest BCUT2D eigenvalue weighted by molar-refractivity contribution is 8.18. The third-order valence-corrected chi connectivity index (χ3v) is 7.21.